The first kappa shape index (κ1) is 10.7. The second-order valence-electron chi connectivity index (χ2n) is 4.06. The smallest absolute Gasteiger partial charge is 0.223 e. The maximum absolute atomic E-state index is 11.6. The predicted molar refractivity (Wildman–Crippen MR) is 60.5 cm³/mol. The molecule has 1 aliphatic rings. The number of benzene rings is 1. The molecular formula is C13H14N2O. The Labute approximate surface area is 95.1 Å². The number of rotatable bonds is 4. The molecule has 0 aromatic heterocycles. The van der Waals surface area contributed by atoms with Crippen LogP contribution >= 0.6 is 0 Å². The second-order valence-corrected chi connectivity index (χ2v) is 4.06. The Morgan fingerprint density at radius 1 is 1.44 bits per heavy atom. The van der Waals surface area contributed by atoms with Gasteiger partial charge in [-0.05, 0) is 17.9 Å². The molecular weight excluding hydrogens is 200 g/mol. The largest absolute Gasteiger partial charge is 0.355 e. The third kappa shape index (κ3) is 2.40. The summed E-state index contributed by atoms with van der Waals surface area (Å²) in [6.07, 6.45) is 1.32. The first-order valence-electron chi connectivity index (χ1n) is 5.52. The Balaban J connectivity index is 1.83. The quantitative estimate of drug-likeness (QED) is 0.777. The van der Waals surface area contributed by atoms with Crippen molar-refractivity contribution in [2.75, 3.05) is 6.54 Å². The molecule has 1 saturated carbocycles. The lowest BCUT2D eigenvalue weighted by atomic mass is 10.1. The number of nitriles is 1. The van der Waals surface area contributed by atoms with E-state index in [1.54, 1.807) is 0 Å². The maximum atomic E-state index is 11.6. The SMILES string of the molecule is N#CCCNC(=O)C1CC1c1ccccc1. The zero-order chi connectivity index (χ0) is 11.4. The van der Waals surface area contributed by atoms with Crippen molar-refractivity contribution in [1.82, 2.24) is 5.32 Å². The van der Waals surface area contributed by atoms with Crippen LogP contribution in [0.15, 0.2) is 30.3 Å². The summed E-state index contributed by atoms with van der Waals surface area (Å²) in [6, 6.07) is 12.1. The lowest BCUT2D eigenvalue weighted by Gasteiger charge is -2.02. The van der Waals surface area contributed by atoms with E-state index >= 15 is 0 Å². The molecule has 1 aromatic carbocycles. The summed E-state index contributed by atoms with van der Waals surface area (Å²) in [5, 5.41) is 11.1. The van der Waals surface area contributed by atoms with E-state index in [2.05, 4.69) is 17.4 Å². The molecule has 0 radical (unpaired) electrons. The van der Waals surface area contributed by atoms with E-state index in [1.165, 1.54) is 5.56 Å². The van der Waals surface area contributed by atoms with Gasteiger partial charge < -0.3 is 5.32 Å². The van der Waals surface area contributed by atoms with Crippen LogP contribution in [0.4, 0.5) is 0 Å². The van der Waals surface area contributed by atoms with Gasteiger partial charge in [-0.25, -0.2) is 0 Å². The molecule has 1 aromatic rings. The van der Waals surface area contributed by atoms with E-state index < -0.39 is 0 Å². The summed E-state index contributed by atoms with van der Waals surface area (Å²) in [6.45, 7) is 0.466. The van der Waals surface area contributed by atoms with Gasteiger partial charge in [0.2, 0.25) is 5.91 Å². The Hall–Kier alpha value is -1.82. The molecule has 16 heavy (non-hydrogen) atoms. The molecule has 1 amide bonds. The standard InChI is InChI=1S/C13H14N2O/c14-7-4-8-15-13(16)12-9-11(12)10-5-2-1-3-6-10/h1-3,5-6,11-12H,4,8-9H2,(H,15,16). The van der Waals surface area contributed by atoms with E-state index in [-0.39, 0.29) is 11.8 Å². The van der Waals surface area contributed by atoms with E-state index in [0.717, 1.165) is 6.42 Å². The Morgan fingerprint density at radius 3 is 2.88 bits per heavy atom. The highest BCUT2D eigenvalue weighted by Crippen LogP contribution is 2.47. The van der Waals surface area contributed by atoms with Crippen molar-refractivity contribution in [2.45, 2.75) is 18.8 Å². The van der Waals surface area contributed by atoms with Gasteiger partial charge in [0.15, 0.2) is 0 Å². The summed E-state index contributed by atoms with van der Waals surface area (Å²) in [5.74, 6) is 0.577. The van der Waals surface area contributed by atoms with Gasteiger partial charge in [0.25, 0.3) is 0 Å². The van der Waals surface area contributed by atoms with E-state index in [1.807, 2.05) is 24.3 Å². The fourth-order valence-corrected chi connectivity index (χ4v) is 1.93. The summed E-state index contributed by atoms with van der Waals surface area (Å²) in [4.78, 5) is 11.6. The van der Waals surface area contributed by atoms with Crippen molar-refractivity contribution < 1.29 is 4.79 Å². The molecule has 2 atom stereocenters. The second kappa shape index (κ2) is 4.80. The Kier molecular flexibility index (Phi) is 3.21. The van der Waals surface area contributed by atoms with E-state index in [0.29, 0.717) is 18.9 Å². The first-order chi connectivity index (χ1) is 7.83. The van der Waals surface area contributed by atoms with Crippen LogP contribution in [0, 0.1) is 17.2 Å². The van der Waals surface area contributed by atoms with Crippen molar-refractivity contribution >= 4 is 5.91 Å². The fraction of sp³-hybridized carbons (Fsp3) is 0.385. The van der Waals surface area contributed by atoms with Crippen molar-refractivity contribution in [3.63, 3.8) is 0 Å². The molecule has 0 spiro atoms. The molecule has 2 unspecified atom stereocenters. The zero-order valence-electron chi connectivity index (χ0n) is 9.02. The first-order valence-corrected chi connectivity index (χ1v) is 5.52. The number of nitrogens with zero attached hydrogens (tertiary/aromatic N) is 1. The number of carbonyl (C=O) groups is 1. The monoisotopic (exact) mass is 214 g/mol. The van der Waals surface area contributed by atoms with Gasteiger partial charge in [-0.3, -0.25) is 4.79 Å². The number of hydrogen-bond acceptors (Lipinski definition) is 2. The van der Waals surface area contributed by atoms with Crippen LogP contribution in [0.5, 0.6) is 0 Å². The van der Waals surface area contributed by atoms with Crippen molar-refractivity contribution in [1.29, 1.82) is 5.26 Å². The normalized spacial score (nSPS) is 22.2. The topological polar surface area (TPSA) is 52.9 Å². The van der Waals surface area contributed by atoms with Gasteiger partial charge in [0.05, 0.1) is 12.5 Å². The van der Waals surface area contributed by atoms with Crippen LogP contribution in [-0.4, -0.2) is 12.5 Å². The highest BCUT2D eigenvalue weighted by Gasteiger charge is 2.43. The van der Waals surface area contributed by atoms with Crippen LogP contribution in [0.3, 0.4) is 0 Å². The number of hydrogen-bond donors (Lipinski definition) is 1. The van der Waals surface area contributed by atoms with Gasteiger partial charge >= 0.3 is 0 Å². The number of carbonyl (C=O) groups excluding carboxylic acids is 1. The van der Waals surface area contributed by atoms with Crippen LogP contribution in [0.25, 0.3) is 0 Å². The summed E-state index contributed by atoms with van der Waals surface area (Å²) >= 11 is 0. The van der Waals surface area contributed by atoms with Gasteiger partial charge in [-0.15, -0.1) is 0 Å². The minimum atomic E-state index is 0.0871. The van der Waals surface area contributed by atoms with Crippen LogP contribution in [0.1, 0.15) is 24.3 Å². The molecule has 0 aliphatic heterocycles. The minimum absolute atomic E-state index is 0.0871. The van der Waals surface area contributed by atoms with Gasteiger partial charge in [-0.2, -0.15) is 5.26 Å². The summed E-state index contributed by atoms with van der Waals surface area (Å²) < 4.78 is 0. The highest BCUT2D eigenvalue weighted by molar-refractivity contribution is 5.82. The zero-order valence-corrected chi connectivity index (χ0v) is 9.02. The molecule has 1 N–H and O–H groups in total. The molecule has 3 nitrogen and oxygen atoms in total. The average molecular weight is 214 g/mol. The van der Waals surface area contributed by atoms with Crippen molar-refractivity contribution in [3.8, 4) is 6.07 Å². The molecule has 0 bridgehead atoms. The highest BCUT2D eigenvalue weighted by atomic mass is 16.2. The summed E-state index contributed by atoms with van der Waals surface area (Å²) in [5.41, 5.74) is 1.24. The van der Waals surface area contributed by atoms with Crippen LogP contribution < -0.4 is 5.32 Å². The maximum Gasteiger partial charge on any atom is 0.223 e. The summed E-state index contributed by atoms with van der Waals surface area (Å²) in [7, 11) is 0. The number of nitrogens with one attached hydrogen (secondary N) is 1. The Morgan fingerprint density at radius 2 is 2.19 bits per heavy atom. The fourth-order valence-electron chi connectivity index (χ4n) is 1.93. The van der Waals surface area contributed by atoms with Crippen molar-refractivity contribution in [3.05, 3.63) is 35.9 Å². The lowest BCUT2D eigenvalue weighted by molar-refractivity contribution is -0.122. The van der Waals surface area contributed by atoms with E-state index in [9.17, 15) is 4.79 Å². The molecule has 82 valence electrons. The van der Waals surface area contributed by atoms with Gasteiger partial charge in [-0.1, -0.05) is 30.3 Å². The average Bonchev–Trinajstić information content (AvgIpc) is 3.10. The molecule has 3 heteroatoms. The molecule has 0 heterocycles. The van der Waals surface area contributed by atoms with Gasteiger partial charge in [0, 0.05) is 12.5 Å². The molecule has 1 fully saturated rings. The van der Waals surface area contributed by atoms with Crippen LogP contribution in [-0.2, 0) is 4.79 Å². The van der Waals surface area contributed by atoms with Crippen molar-refractivity contribution in [2.24, 2.45) is 5.92 Å². The van der Waals surface area contributed by atoms with E-state index in [4.69, 9.17) is 5.26 Å². The van der Waals surface area contributed by atoms with Crippen LogP contribution in [0.2, 0.25) is 0 Å². The number of amides is 1. The Bertz CT molecular complexity index is 408. The molecule has 2 rings (SSSR count). The molecule has 1 aliphatic carbocycles. The third-order valence-corrected chi connectivity index (χ3v) is 2.89. The predicted octanol–water partition coefficient (Wildman–Crippen LogP) is 1.82. The van der Waals surface area contributed by atoms with Gasteiger partial charge in [0.1, 0.15) is 0 Å². The minimum Gasteiger partial charge on any atom is -0.355 e. The third-order valence-electron chi connectivity index (χ3n) is 2.89. The lowest BCUT2D eigenvalue weighted by Crippen LogP contribution is -2.26. The molecule has 0 saturated heterocycles.